The Bertz CT molecular complexity index is 1570. The Kier molecular flexibility index (Phi) is 9.89. The van der Waals surface area contributed by atoms with Crippen LogP contribution in [-0.4, -0.2) is 37.2 Å². The van der Waals surface area contributed by atoms with Crippen molar-refractivity contribution in [2.75, 3.05) is 18.5 Å². The summed E-state index contributed by atoms with van der Waals surface area (Å²) in [7, 11) is 0. The molecule has 4 aromatic rings. The maximum Gasteiger partial charge on any atom is 0.379 e. The first kappa shape index (κ1) is 29.1. The fraction of sp³-hybridized carbons (Fsp3) is 0.133. The molecule has 0 fully saturated rings. The van der Waals surface area contributed by atoms with Gasteiger partial charge in [-0.2, -0.15) is 5.10 Å². The number of nitrogens with zero attached hydrogens (tertiary/aromatic N) is 1. The number of furan rings is 1. The highest BCUT2D eigenvalue weighted by molar-refractivity contribution is 9.10. The number of hydrogen-bond acceptors (Lipinski definition) is 8. The fourth-order valence-electron chi connectivity index (χ4n) is 3.62. The number of rotatable bonds is 11. The lowest BCUT2D eigenvalue weighted by molar-refractivity contribution is 0.0700. The van der Waals surface area contributed by atoms with Gasteiger partial charge in [0, 0.05) is 26.9 Å². The van der Waals surface area contributed by atoms with Crippen LogP contribution in [0, 0.1) is 0 Å². The minimum atomic E-state index is -0.672. The third-order valence-electron chi connectivity index (χ3n) is 5.45. The smallest absolute Gasteiger partial charge is 0.379 e. The molecule has 41 heavy (non-hydrogen) atoms. The summed E-state index contributed by atoms with van der Waals surface area (Å²) in [6.07, 6.45) is 2.72. The molecule has 1 aromatic heterocycles. The van der Waals surface area contributed by atoms with Crippen LogP contribution in [0.2, 0.25) is 0 Å². The number of hydrazone groups is 1. The van der Waals surface area contributed by atoms with Gasteiger partial charge in [-0.3, -0.25) is 9.59 Å². The largest absolute Gasteiger partial charge is 0.490 e. The molecule has 2 amide bonds. The van der Waals surface area contributed by atoms with Crippen LogP contribution in [-0.2, 0) is 0 Å². The van der Waals surface area contributed by atoms with Crippen molar-refractivity contribution in [1.29, 1.82) is 0 Å². The van der Waals surface area contributed by atoms with E-state index in [0.29, 0.717) is 46.0 Å². The van der Waals surface area contributed by atoms with E-state index in [0.717, 1.165) is 0 Å². The summed E-state index contributed by atoms with van der Waals surface area (Å²) in [5.41, 5.74) is 3.92. The Morgan fingerprint density at radius 2 is 1.61 bits per heavy atom. The van der Waals surface area contributed by atoms with Gasteiger partial charge in [-0.15, -0.1) is 0 Å². The second kappa shape index (κ2) is 13.9. The van der Waals surface area contributed by atoms with Crippen molar-refractivity contribution in [2.45, 2.75) is 13.8 Å². The molecule has 0 aliphatic heterocycles. The van der Waals surface area contributed by atoms with Gasteiger partial charge >= 0.3 is 5.97 Å². The van der Waals surface area contributed by atoms with Crippen molar-refractivity contribution >= 4 is 45.6 Å². The molecule has 0 atom stereocenters. The topological polar surface area (TPSA) is 128 Å². The number of amides is 2. The van der Waals surface area contributed by atoms with Crippen molar-refractivity contribution in [3.05, 3.63) is 106 Å². The monoisotopic (exact) mass is 619 g/mol. The lowest BCUT2D eigenvalue weighted by atomic mass is 10.1. The summed E-state index contributed by atoms with van der Waals surface area (Å²) < 4.78 is 22.3. The lowest BCUT2D eigenvalue weighted by Crippen LogP contribution is -2.18. The molecule has 0 aliphatic rings. The van der Waals surface area contributed by atoms with Crippen LogP contribution < -0.4 is 25.0 Å². The van der Waals surface area contributed by atoms with Gasteiger partial charge < -0.3 is 23.9 Å². The summed E-state index contributed by atoms with van der Waals surface area (Å²) in [4.78, 5) is 37.9. The van der Waals surface area contributed by atoms with Gasteiger partial charge in [-0.1, -0.05) is 22.0 Å². The van der Waals surface area contributed by atoms with Crippen LogP contribution in [0.5, 0.6) is 17.2 Å². The Morgan fingerprint density at radius 1 is 0.854 bits per heavy atom. The van der Waals surface area contributed by atoms with Crippen molar-refractivity contribution in [3.8, 4) is 17.2 Å². The SMILES string of the molecule is CCOc1ccc(C(=O)Nc2cccc(C(=O)NN=Cc3cc(Br)ccc3OC(=O)c3ccco3)c2)cc1OCC. The third kappa shape index (κ3) is 7.83. The lowest BCUT2D eigenvalue weighted by Gasteiger charge is -2.12. The maximum absolute atomic E-state index is 12.9. The van der Waals surface area contributed by atoms with Gasteiger partial charge in [0.15, 0.2) is 11.5 Å². The van der Waals surface area contributed by atoms with Crippen molar-refractivity contribution in [3.63, 3.8) is 0 Å². The predicted molar refractivity (Wildman–Crippen MR) is 156 cm³/mol. The number of carbonyl (C=O) groups excluding carboxylic acids is 3. The summed E-state index contributed by atoms with van der Waals surface area (Å²) >= 11 is 3.37. The predicted octanol–water partition coefficient (Wildman–Crippen LogP) is 6.07. The van der Waals surface area contributed by atoms with E-state index in [2.05, 4.69) is 31.8 Å². The van der Waals surface area contributed by atoms with Crippen LogP contribution >= 0.6 is 15.9 Å². The number of ether oxygens (including phenoxy) is 3. The number of benzene rings is 3. The van der Waals surface area contributed by atoms with Crippen LogP contribution in [0.1, 0.15) is 50.7 Å². The molecule has 0 radical (unpaired) electrons. The molecule has 0 bridgehead atoms. The van der Waals surface area contributed by atoms with Gasteiger partial charge in [0.2, 0.25) is 5.76 Å². The van der Waals surface area contributed by atoms with Gasteiger partial charge in [0.1, 0.15) is 5.75 Å². The highest BCUT2D eigenvalue weighted by Crippen LogP contribution is 2.29. The second-order valence-corrected chi connectivity index (χ2v) is 9.23. The molecule has 3 aromatic carbocycles. The van der Waals surface area contributed by atoms with Crippen LogP contribution in [0.3, 0.4) is 0 Å². The number of nitrogens with one attached hydrogen (secondary N) is 2. The Morgan fingerprint density at radius 3 is 2.37 bits per heavy atom. The fourth-order valence-corrected chi connectivity index (χ4v) is 4.00. The molecule has 11 heteroatoms. The zero-order valence-corrected chi connectivity index (χ0v) is 23.8. The minimum Gasteiger partial charge on any atom is -0.490 e. The van der Waals surface area contributed by atoms with Crippen LogP contribution in [0.25, 0.3) is 0 Å². The normalized spacial score (nSPS) is 10.7. The number of anilines is 1. The second-order valence-electron chi connectivity index (χ2n) is 8.31. The summed E-state index contributed by atoms with van der Waals surface area (Å²) in [6, 6.07) is 19.4. The standard InChI is InChI=1S/C30H26BrN3O7/c1-3-38-25-12-10-20(17-27(25)39-4-2)28(35)33-23-8-5-7-19(16-23)29(36)34-32-18-21-15-22(31)11-13-24(21)41-30(37)26-9-6-14-40-26/h5-18H,3-4H2,1-2H3,(H,33,35)(H,34,36). The van der Waals surface area contributed by atoms with E-state index in [-0.39, 0.29) is 23.0 Å². The first-order chi connectivity index (χ1) is 19.9. The molecule has 0 saturated heterocycles. The van der Waals surface area contributed by atoms with Gasteiger partial charge in [0.25, 0.3) is 11.8 Å². The Labute approximate surface area is 244 Å². The van der Waals surface area contributed by atoms with Gasteiger partial charge in [0.05, 0.1) is 25.7 Å². The number of esters is 1. The first-order valence-electron chi connectivity index (χ1n) is 12.6. The summed E-state index contributed by atoms with van der Waals surface area (Å²) in [5.74, 6) is -0.271. The Hall–Kier alpha value is -4.90. The highest BCUT2D eigenvalue weighted by Gasteiger charge is 2.15. The van der Waals surface area contributed by atoms with E-state index < -0.39 is 11.9 Å². The number of carbonyl (C=O) groups is 3. The average molecular weight is 620 g/mol. The van der Waals surface area contributed by atoms with E-state index in [1.54, 1.807) is 60.7 Å². The Balaban J connectivity index is 1.42. The van der Waals surface area contributed by atoms with Crippen molar-refractivity contribution in [1.82, 2.24) is 5.43 Å². The summed E-state index contributed by atoms with van der Waals surface area (Å²) in [6.45, 7) is 4.60. The van der Waals surface area contributed by atoms with E-state index in [4.69, 9.17) is 18.6 Å². The van der Waals surface area contributed by atoms with E-state index in [9.17, 15) is 14.4 Å². The van der Waals surface area contributed by atoms with Gasteiger partial charge in [-0.25, -0.2) is 10.2 Å². The van der Waals surface area contributed by atoms with Crippen LogP contribution in [0.15, 0.2) is 93.1 Å². The molecular formula is C30H26BrN3O7. The van der Waals surface area contributed by atoms with Crippen LogP contribution in [0.4, 0.5) is 5.69 Å². The number of halogens is 1. The molecule has 0 saturated carbocycles. The van der Waals surface area contributed by atoms with E-state index in [1.807, 2.05) is 13.8 Å². The zero-order valence-electron chi connectivity index (χ0n) is 22.2. The van der Waals surface area contributed by atoms with E-state index in [1.165, 1.54) is 24.6 Å². The quantitative estimate of drug-likeness (QED) is 0.0901. The molecule has 0 aliphatic carbocycles. The third-order valence-corrected chi connectivity index (χ3v) is 5.95. The molecule has 10 nitrogen and oxygen atoms in total. The molecule has 210 valence electrons. The first-order valence-corrected chi connectivity index (χ1v) is 13.4. The molecule has 4 rings (SSSR count). The van der Waals surface area contributed by atoms with E-state index >= 15 is 0 Å². The van der Waals surface area contributed by atoms with Crippen molar-refractivity contribution in [2.24, 2.45) is 5.10 Å². The molecule has 1 heterocycles. The summed E-state index contributed by atoms with van der Waals surface area (Å²) in [5, 5.41) is 6.79. The maximum atomic E-state index is 12.9. The minimum absolute atomic E-state index is 0.0494. The highest BCUT2D eigenvalue weighted by atomic mass is 79.9. The molecule has 0 unspecified atom stereocenters. The molecule has 2 N–H and O–H groups in total. The zero-order chi connectivity index (χ0) is 29.2. The number of hydrogen-bond donors (Lipinski definition) is 2. The molecular weight excluding hydrogens is 594 g/mol. The van der Waals surface area contributed by atoms with Gasteiger partial charge in [-0.05, 0) is 80.6 Å². The molecule has 0 spiro atoms. The van der Waals surface area contributed by atoms with Crippen molar-refractivity contribution < 1.29 is 33.0 Å². The average Bonchev–Trinajstić information content (AvgIpc) is 3.51.